The molecule has 0 bridgehead atoms. The first-order valence-electron chi connectivity index (χ1n) is 5.55. The average molecular weight is 240 g/mol. The summed E-state index contributed by atoms with van der Waals surface area (Å²) in [5.41, 5.74) is 0.882. The first-order valence-corrected chi connectivity index (χ1v) is 5.55. The van der Waals surface area contributed by atoms with Crippen molar-refractivity contribution in [2.45, 2.75) is 0 Å². The second kappa shape index (κ2) is 4.06. The third-order valence-electron chi connectivity index (χ3n) is 2.60. The number of fused-ring (bicyclic) bond motifs is 1. The van der Waals surface area contributed by atoms with Crippen LogP contribution in [0.4, 0.5) is 5.82 Å². The normalized spacial score (nSPS) is 10.8. The molecule has 0 aromatic carbocycles. The first kappa shape index (κ1) is 10.6. The number of hydrogen-bond donors (Lipinski definition) is 0. The minimum atomic E-state index is 0.583. The van der Waals surface area contributed by atoms with Gasteiger partial charge in [0.2, 0.25) is 0 Å². The molecule has 3 aromatic rings. The molecule has 6 nitrogen and oxygen atoms in total. The molecule has 0 aliphatic carbocycles. The fourth-order valence-corrected chi connectivity index (χ4v) is 1.74. The lowest BCUT2D eigenvalue weighted by Crippen LogP contribution is -2.13. The highest BCUT2D eigenvalue weighted by Gasteiger charge is 2.10. The fourth-order valence-electron chi connectivity index (χ4n) is 1.74. The van der Waals surface area contributed by atoms with Crippen LogP contribution in [0.5, 0.6) is 0 Å². The van der Waals surface area contributed by atoms with Gasteiger partial charge in [0.25, 0.3) is 5.78 Å². The van der Waals surface area contributed by atoms with Crippen molar-refractivity contribution in [2.24, 2.45) is 0 Å². The van der Waals surface area contributed by atoms with Crippen LogP contribution in [0.25, 0.3) is 17.2 Å². The molecule has 0 unspecified atom stereocenters. The van der Waals surface area contributed by atoms with E-state index in [1.807, 2.05) is 37.2 Å². The Morgan fingerprint density at radius 2 is 2.06 bits per heavy atom. The van der Waals surface area contributed by atoms with Crippen molar-refractivity contribution in [3.63, 3.8) is 0 Å². The molecular weight excluding hydrogens is 228 g/mol. The van der Waals surface area contributed by atoms with Crippen LogP contribution in [0.15, 0.2) is 36.8 Å². The summed E-state index contributed by atoms with van der Waals surface area (Å²) in [6.07, 6.45) is 5.19. The second-order valence-corrected chi connectivity index (χ2v) is 4.09. The highest BCUT2D eigenvalue weighted by atomic mass is 15.4. The molecule has 0 amide bonds. The molecule has 0 saturated carbocycles. The molecule has 3 rings (SSSR count). The van der Waals surface area contributed by atoms with Gasteiger partial charge < -0.3 is 4.90 Å². The van der Waals surface area contributed by atoms with E-state index < -0.39 is 0 Å². The Kier molecular flexibility index (Phi) is 2.40. The van der Waals surface area contributed by atoms with Gasteiger partial charge >= 0.3 is 0 Å². The van der Waals surface area contributed by atoms with Gasteiger partial charge in [-0.15, -0.1) is 5.10 Å². The quantitative estimate of drug-likeness (QED) is 0.674. The molecule has 3 aromatic heterocycles. The monoisotopic (exact) mass is 240 g/mol. The topological polar surface area (TPSA) is 59.2 Å². The van der Waals surface area contributed by atoms with Gasteiger partial charge in [-0.2, -0.15) is 9.50 Å². The van der Waals surface area contributed by atoms with Gasteiger partial charge in [-0.3, -0.25) is 4.98 Å². The highest BCUT2D eigenvalue weighted by molar-refractivity contribution is 5.57. The van der Waals surface area contributed by atoms with Gasteiger partial charge in [-0.1, -0.05) is 0 Å². The summed E-state index contributed by atoms with van der Waals surface area (Å²) < 4.78 is 1.72. The summed E-state index contributed by atoms with van der Waals surface area (Å²) in [6, 6.07) is 5.69. The summed E-state index contributed by atoms with van der Waals surface area (Å²) in [5.74, 6) is 2.15. The van der Waals surface area contributed by atoms with Crippen LogP contribution in [0.1, 0.15) is 0 Å². The Labute approximate surface area is 104 Å². The zero-order valence-corrected chi connectivity index (χ0v) is 10.1. The van der Waals surface area contributed by atoms with Crippen LogP contribution in [-0.2, 0) is 0 Å². The van der Waals surface area contributed by atoms with Crippen molar-refractivity contribution in [3.8, 4) is 11.4 Å². The standard InChI is InChI=1S/C12H12N6/c1-17(2)10-5-7-14-12-15-11(16-18(10)12)9-4-3-6-13-8-9/h3-8H,1-2H3. The second-order valence-electron chi connectivity index (χ2n) is 4.09. The molecule has 0 radical (unpaired) electrons. The number of aromatic nitrogens is 5. The Bertz CT molecular complexity index is 673. The van der Waals surface area contributed by atoms with Crippen molar-refractivity contribution in [1.29, 1.82) is 0 Å². The Hall–Kier alpha value is -2.50. The van der Waals surface area contributed by atoms with E-state index in [0.717, 1.165) is 11.4 Å². The Morgan fingerprint density at radius 3 is 2.78 bits per heavy atom. The molecule has 0 aliphatic rings. The lowest BCUT2D eigenvalue weighted by Gasteiger charge is -2.11. The zero-order valence-electron chi connectivity index (χ0n) is 10.1. The molecular formula is C12H12N6. The van der Waals surface area contributed by atoms with Gasteiger partial charge in [0.1, 0.15) is 5.82 Å². The summed E-state index contributed by atoms with van der Waals surface area (Å²) in [5, 5.41) is 4.47. The molecule has 0 fully saturated rings. The number of nitrogens with zero attached hydrogens (tertiary/aromatic N) is 6. The summed E-state index contributed by atoms with van der Waals surface area (Å²) >= 11 is 0. The van der Waals surface area contributed by atoms with E-state index >= 15 is 0 Å². The number of rotatable bonds is 2. The van der Waals surface area contributed by atoms with Crippen molar-refractivity contribution in [2.75, 3.05) is 19.0 Å². The van der Waals surface area contributed by atoms with Crippen molar-refractivity contribution in [1.82, 2.24) is 24.6 Å². The molecule has 0 saturated heterocycles. The van der Waals surface area contributed by atoms with Crippen LogP contribution in [0.3, 0.4) is 0 Å². The van der Waals surface area contributed by atoms with E-state index in [-0.39, 0.29) is 0 Å². The third-order valence-corrected chi connectivity index (χ3v) is 2.60. The number of anilines is 1. The Morgan fingerprint density at radius 1 is 1.17 bits per heavy atom. The van der Waals surface area contributed by atoms with Gasteiger partial charge in [-0.25, -0.2) is 4.98 Å². The minimum Gasteiger partial charge on any atom is -0.363 e. The smallest absolute Gasteiger partial charge is 0.254 e. The molecule has 0 N–H and O–H groups in total. The third kappa shape index (κ3) is 1.67. The summed E-state index contributed by atoms with van der Waals surface area (Å²) in [4.78, 5) is 14.7. The first-order chi connectivity index (χ1) is 8.75. The number of hydrogen-bond acceptors (Lipinski definition) is 5. The van der Waals surface area contributed by atoms with Crippen molar-refractivity contribution in [3.05, 3.63) is 36.8 Å². The lowest BCUT2D eigenvalue weighted by molar-refractivity contribution is 0.898. The Balaban J connectivity index is 2.20. The fraction of sp³-hybridized carbons (Fsp3) is 0.167. The van der Waals surface area contributed by atoms with Crippen LogP contribution in [0.2, 0.25) is 0 Å². The molecule has 0 atom stereocenters. The van der Waals surface area contributed by atoms with Crippen LogP contribution < -0.4 is 4.90 Å². The van der Waals surface area contributed by atoms with E-state index in [4.69, 9.17) is 0 Å². The molecule has 0 spiro atoms. The largest absolute Gasteiger partial charge is 0.363 e. The predicted molar refractivity (Wildman–Crippen MR) is 68.3 cm³/mol. The maximum Gasteiger partial charge on any atom is 0.254 e. The van der Waals surface area contributed by atoms with E-state index in [2.05, 4.69) is 20.1 Å². The maximum absolute atomic E-state index is 4.47. The summed E-state index contributed by atoms with van der Waals surface area (Å²) in [7, 11) is 3.92. The number of pyridine rings is 1. The minimum absolute atomic E-state index is 0.583. The van der Waals surface area contributed by atoms with E-state index in [1.165, 1.54) is 0 Å². The predicted octanol–water partition coefficient (Wildman–Crippen LogP) is 1.25. The molecule has 3 heterocycles. The maximum atomic E-state index is 4.47. The average Bonchev–Trinajstić information content (AvgIpc) is 2.83. The van der Waals surface area contributed by atoms with Gasteiger partial charge in [-0.05, 0) is 18.2 Å². The molecule has 6 heteroatoms. The highest BCUT2D eigenvalue weighted by Crippen LogP contribution is 2.17. The molecule has 90 valence electrons. The van der Waals surface area contributed by atoms with Crippen LogP contribution in [0, 0.1) is 0 Å². The van der Waals surface area contributed by atoms with E-state index in [1.54, 1.807) is 23.1 Å². The van der Waals surface area contributed by atoms with Crippen molar-refractivity contribution < 1.29 is 0 Å². The van der Waals surface area contributed by atoms with Gasteiger partial charge in [0.05, 0.1) is 0 Å². The van der Waals surface area contributed by atoms with Crippen LogP contribution in [-0.4, -0.2) is 38.7 Å². The molecule has 18 heavy (non-hydrogen) atoms. The van der Waals surface area contributed by atoms with E-state index in [0.29, 0.717) is 11.6 Å². The molecule has 0 aliphatic heterocycles. The summed E-state index contributed by atoms with van der Waals surface area (Å²) in [6.45, 7) is 0. The van der Waals surface area contributed by atoms with Crippen LogP contribution >= 0.6 is 0 Å². The van der Waals surface area contributed by atoms with Crippen molar-refractivity contribution >= 4 is 11.6 Å². The SMILES string of the molecule is CN(C)c1ccnc2nc(-c3cccnc3)nn12. The zero-order chi connectivity index (χ0) is 12.5. The lowest BCUT2D eigenvalue weighted by atomic mass is 10.3. The van der Waals surface area contributed by atoms with Gasteiger partial charge in [0.15, 0.2) is 5.82 Å². The van der Waals surface area contributed by atoms with Gasteiger partial charge in [0, 0.05) is 38.2 Å². The van der Waals surface area contributed by atoms with E-state index in [9.17, 15) is 0 Å².